The van der Waals surface area contributed by atoms with Gasteiger partial charge in [0.05, 0.1) is 17.8 Å². The first-order valence-electron chi connectivity index (χ1n) is 7.15. The molecule has 0 radical (unpaired) electrons. The SMILES string of the molecule is CC(C(=O)O)C(CCCC(=O)O)Nc1ccc(N(C)C)nc1. The third kappa shape index (κ3) is 5.59. The highest BCUT2D eigenvalue weighted by atomic mass is 16.4. The van der Waals surface area contributed by atoms with E-state index in [2.05, 4.69) is 10.3 Å². The molecule has 2 atom stereocenters. The van der Waals surface area contributed by atoms with E-state index in [1.807, 2.05) is 31.1 Å². The molecule has 0 saturated heterocycles. The van der Waals surface area contributed by atoms with Crippen LogP contribution >= 0.6 is 0 Å². The van der Waals surface area contributed by atoms with Crippen molar-refractivity contribution in [2.75, 3.05) is 24.3 Å². The molecule has 1 aromatic heterocycles. The third-order valence-electron chi connectivity index (χ3n) is 3.46. The highest BCUT2D eigenvalue weighted by molar-refractivity contribution is 5.71. The normalized spacial score (nSPS) is 13.2. The maximum Gasteiger partial charge on any atom is 0.308 e. The lowest BCUT2D eigenvalue weighted by molar-refractivity contribution is -0.141. The fourth-order valence-corrected chi connectivity index (χ4v) is 2.04. The van der Waals surface area contributed by atoms with Gasteiger partial charge in [-0.25, -0.2) is 4.98 Å². The lowest BCUT2D eigenvalue weighted by Crippen LogP contribution is -2.32. The molecule has 122 valence electrons. The molecule has 0 amide bonds. The van der Waals surface area contributed by atoms with Crippen molar-refractivity contribution in [3.63, 3.8) is 0 Å². The molecule has 1 rings (SSSR count). The summed E-state index contributed by atoms with van der Waals surface area (Å²) in [6.45, 7) is 1.61. The number of carboxylic acids is 2. The van der Waals surface area contributed by atoms with E-state index in [0.29, 0.717) is 12.8 Å². The van der Waals surface area contributed by atoms with E-state index in [1.54, 1.807) is 13.1 Å². The number of rotatable bonds is 9. The first kappa shape index (κ1) is 17.7. The Hall–Kier alpha value is -2.31. The molecule has 1 heterocycles. The second-order valence-electron chi connectivity index (χ2n) is 5.46. The quantitative estimate of drug-likeness (QED) is 0.640. The molecule has 0 spiro atoms. The largest absolute Gasteiger partial charge is 0.481 e. The van der Waals surface area contributed by atoms with Gasteiger partial charge in [0.2, 0.25) is 0 Å². The van der Waals surface area contributed by atoms with Gasteiger partial charge in [-0.15, -0.1) is 0 Å². The van der Waals surface area contributed by atoms with Crippen LogP contribution in [0.4, 0.5) is 11.5 Å². The fraction of sp³-hybridized carbons (Fsp3) is 0.533. The van der Waals surface area contributed by atoms with Crippen LogP contribution in [0, 0.1) is 5.92 Å². The maximum atomic E-state index is 11.2. The number of anilines is 2. The van der Waals surface area contributed by atoms with Crippen molar-refractivity contribution in [1.29, 1.82) is 0 Å². The molecule has 0 aliphatic rings. The predicted molar refractivity (Wildman–Crippen MR) is 84.3 cm³/mol. The Morgan fingerprint density at radius 3 is 2.45 bits per heavy atom. The first-order valence-corrected chi connectivity index (χ1v) is 7.15. The summed E-state index contributed by atoms with van der Waals surface area (Å²) in [6, 6.07) is 3.33. The molecule has 0 aliphatic heterocycles. The van der Waals surface area contributed by atoms with E-state index in [-0.39, 0.29) is 12.5 Å². The number of hydrogen-bond donors (Lipinski definition) is 3. The minimum atomic E-state index is -0.911. The lowest BCUT2D eigenvalue weighted by Gasteiger charge is -2.23. The standard InChI is InChI=1S/C15H23N3O4/c1-10(15(21)22)12(5-4-6-14(19)20)17-11-7-8-13(16-9-11)18(2)3/h7-10,12,17H,4-6H2,1-3H3,(H,19,20)(H,21,22). The summed E-state index contributed by atoms with van der Waals surface area (Å²) >= 11 is 0. The summed E-state index contributed by atoms with van der Waals surface area (Å²) in [5, 5.41) is 21.0. The molecule has 0 saturated carbocycles. The number of aliphatic carboxylic acids is 2. The molecule has 7 heteroatoms. The number of hydrogen-bond acceptors (Lipinski definition) is 5. The van der Waals surface area contributed by atoms with Gasteiger partial charge in [-0.1, -0.05) is 0 Å². The third-order valence-corrected chi connectivity index (χ3v) is 3.46. The summed E-state index contributed by atoms with van der Waals surface area (Å²) in [7, 11) is 3.77. The first-order chi connectivity index (χ1) is 10.3. The van der Waals surface area contributed by atoms with Crippen LogP contribution in [-0.4, -0.2) is 47.3 Å². The summed E-state index contributed by atoms with van der Waals surface area (Å²) in [6.07, 6.45) is 2.57. The second kappa shape index (κ2) is 8.21. The molecular formula is C15H23N3O4. The minimum Gasteiger partial charge on any atom is -0.481 e. The van der Waals surface area contributed by atoms with E-state index < -0.39 is 17.9 Å². The summed E-state index contributed by atoms with van der Waals surface area (Å²) in [5.74, 6) is -1.61. The maximum absolute atomic E-state index is 11.2. The van der Waals surface area contributed by atoms with E-state index in [0.717, 1.165) is 11.5 Å². The van der Waals surface area contributed by atoms with Gasteiger partial charge in [-0.05, 0) is 31.9 Å². The van der Waals surface area contributed by atoms with Crippen LogP contribution in [0.5, 0.6) is 0 Å². The van der Waals surface area contributed by atoms with Gasteiger partial charge in [-0.3, -0.25) is 9.59 Å². The molecule has 0 fully saturated rings. The number of aromatic nitrogens is 1. The van der Waals surface area contributed by atoms with Gasteiger partial charge in [0.15, 0.2) is 0 Å². The van der Waals surface area contributed by atoms with Gasteiger partial charge in [0.1, 0.15) is 5.82 Å². The predicted octanol–water partition coefficient (Wildman–Crippen LogP) is 1.90. The number of nitrogens with zero attached hydrogens (tertiary/aromatic N) is 2. The Kier molecular flexibility index (Phi) is 6.62. The Morgan fingerprint density at radius 1 is 1.32 bits per heavy atom. The lowest BCUT2D eigenvalue weighted by atomic mass is 9.96. The highest BCUT2D eigenvalue weighted by Gasteiger charge is 2.23. The summed E-state index contributed by atoms with van der Waals surface area (Å²) in [4.78, 5) is 27.9. The molecule has 2 unspecified atom stereocenters. The number of carboxylic acid groups (broad SMARTS) is 2. The van der Waals surface area contributed by atoms with E-state index >= 15 is 0 Å². The van der Waals surface area contributed by atoms with Crippen LogP contribution in [0.3, 0.4) is 0 Å². The number of carbonyl (C=O) groups is 2. The molecule has 0 bridgehead atoms. The highest BCUT2D eigenvalue weighted by Crippen LogP contribution is 2.19. The average Bonchev–Trinajstić information content (AvgIpc) is 2.45. The number of pyridine rings is 1. The van der Waals surface area contributed by atoms with Gasteiger partial charge in [0.25, 0.3) is 0 Å². The van der Waals surface area contributed by atoms with Crippen molar-refractivity contribution in [2.45, 2.75) is 32.2 Å². The smallest absolute Gasteiger partial charge is 0.308 e. The zero-order valence-electron chi connectivity index (χ0n) is 13.1. The molecule has 3 N–H and O–H groups in total. The van der Waals surface area contributed by atoms with E-state index in [9.17, 15) is 14.7 Å². The Balaban J connectivity index is 2.74. The van der Waals surface area contributed by atoms with E-state index in [1.165, 1.54) is 0 Å². The Bertz CT molecular complexity index is 502. The summed E-state index contributed by atoms with van der Waals surface area (Å²) < 4.78 is 0. The molecule has 0 aliphatic carbocycles. The van der Waals surface area contributed by atoms with Gasteiger partial charge >= 0.3 is 11.9 Å². The van der Waals surface area contributed by atoms with Crippen molar-refractivity contribution in [3.8, 4) is 0 Å². The van der Waals surface area contributed by atoms with Crippen molar-refractivity contribution >= 4 is 23.4 Å². The average molecular weight is 309 g/mol. The van der Waals surface area contributed by atoms with Crippen molar-refractivity contribution in [2.24, 2.45) is 5.92 Å². The summed E-state index contributed by atoms with van der Waals surface area (Å²) in [5.41, 5.74) is 0.721. The van der Waals surface area contributed by atoms with Crippen LogP contribution in [0.25, 0.3) is 0 Å². The van der Waals surface area contributed by atoms with Crippen molar-refractivity contribution < 1.29 is 19.8 Å². The van der Waals surface area contributed by atoms with Crippen LogP contribution in [-0.2, 0) is 9.59 Å². The molecule has 7 nitrogen and oxygen atoms in total. The van der Waals surface area contributed by atoms with E-state index in [4.69, 9.17) is 5.11 Å². The van der Waals surface area contributed by atoms with Gasteiger partial charge in [-0.2, -0.15) is 0 Å². The Labute approximate surface area is 130 Å². The van der Waals surface area contributed by atoms with Crippen molar-refractivity contribution in [3.05, 3.63) is 18.3 Å². The zero-order valence-corrected chi connectivity index (χ0v) is 13.1. The topological polar surface area (TPSA) is 103 Å². The Morgan fingerprint density at radius 2 is 2.00 bits per heavy atom. The molecule has 22 heavy (non-hydrogen) atoms. The second-order valence-corrected chi connectivity index (χ2v) is 5.46. The van der Waals surface area contributed by atoms with Crippen LogP contribution in [0.1, 0.15) is 26.2 Å². The molecule has 0 aromatic carbocycles. The number of nitrogens with one attached hydrogen (secondary N) is 1. The molecule has 1 aromatic rings. The minimum absolute atomic E-state index is 0.0301. The fourth-order valence-electron chi connectivity index (χ4n) is 2.04. The van der Waals surface area contributed by atoms with Crippen LogP contribution in [0.15, 0.2) is 18.3 Å². The van der Waals surface area contributed by atoms with Gasteiger partial charge in [0, 0.05) is 26.6 Å². The van der Waals surface area contributed by atoms with Crippen LogP contribution < -0.4 is 10.2 Å². The molecular weight excluding hydrogens is 286 g/mol. The zero-order chi connectivity index (χ0) is 16.7. The van der Waals surface area contributed by atoms with Gasteiger partial charge < -0.3 is 20.4 Å². The van der Waals surface area contributed by atoms with Crippen molar-refractivity contribution in [1.82, 2.24) is 4.98 Å². The monoisotopic (exact) mass is 309 g/mol. The van der Waals surface area contributed by atoms with Crippen LogP contribution in [0.2, 0.25) is 0 Å².